The Morgan fingerprint density at radius 3 is 2.81 bits per heavy atom. The van der Waals surface area contributed by atoms with Crippen molar-refractivity contribution in [2.24, 2.45) is 0 Å². The van der Waals surface area contributed by atoms with Crippen molar-refractivity contribution in [3.8, 4) is 0 Å². The van der Waals surface area contributed by atoms with E-state index in [0.717, 1.165) is 11.8 Å². The molecule has 4 rings (SSSR count). The maximum absolute atomic E-state index is 13.8. The van der Waals surface area contributed by atoms with Crippen molar-refractivity contribution >= 4 is 23.1 Å². The predicted octanol–water partition coefficient (Wildman–Crippen LogP) is 3.19. The molecule has 2 aromatic heterocycles. The maximum Gasteiger partial charge on any atom is 0.419 e. The number of hydrogen-bond donors (Lipinski definition) is 2. The zero-order valence-corrected chi connectivity index (χ0v) is 17.2. The highest BCUT2D eigenvalue weighted by molar-refractivity contribution is 6.02. The normalized spacial score (nSPS) is 13.7. The number of aryl methyl sites for hydroxylation is 1. The van der Waals surface area contributed by atoms with Gasteiger partial charge in [0.05, 0.1) is 48.5 Å². The van der Waals surface area contributed by atoms with Crippen LogP contribution in [-0.4, -0.2) is 39.5 Å². The number of aromatic nitrogens is 4. The lowest BCUT2D eigenvalue weighted by atomic mass is 10.1. The van der Waals surface area contributed by atoms with Crippen LogP contribution in [0.4, 0.5) is 34.8 Å². The van der Waals surface area contributed by atoms with E-state index in [-0.39, 0.29) is 31.1 Å². The molecule has 3 heterocycles. The number of halogens is 4. The second-order valence-electron chi connectivity index (χ2n) is 7.42. The highest BCUT2D eigenvalue weighted by atomic mass is 19.4. The van der Waals surface area contributed by atoms with Gasteiger partial charge < -0.3 is 15.5 Å². The fraction of sp³-hybridized carbons (Fsp3) is 0.300. The Morgan fingerprint density at radius 2 is 2.06 bits per heavy atom. The van der Waals surface area contributed by atoms with Gasteiger partial charge in [-0.1, -0.05) is 17.3 Å². The fourth-order valence-corrected chi connectivity index (χ4v) is 3.55. The first-order chi connectivity index (χ1) is 15.1. The van der Waals surface area contributed by atoms with Gasteiger partial charge in [0, 0.05) is 13.1 Å². The average Bonchev–Trinajstić information content (AvgIpc) is 3.13. The molecule has 0 atom stereocenters. The number of amides is 1. The second-order valence-corrected chi connectivity index (χ2v) is 7.42. The van der Waals surface area contributed by atoms with Gasteiger partial charge in [0.15, 0.2) is 0 Å². The van der Waals surface area contributed by atoms with Crippen LogP contribution in [0.1, 0.15) is 22.5 Å². The van der Waals surface area contributed by atoms with Gasteiger partial charge in [-0.3, -0.25) is 4.79 Å². The molecule has 2 N–H and O–H groups in total. The molecule has 168 valence electrons. The fourth-order valence-electron chi connectivity index (χ4n) is 3.55. The van der Waals surface area contributed by atoms with Gasteiger partial charge in [0.1, 0.15) is 17.3 Å². The first kappa shape index (κ1) is 21.5. The molecule has 1 aromatic carbocycles. The number of benzene rings is 1. The summed E-state index contributed by atoms with van der Waals surface area (Å²) in [5.74, 6) is -0.899. The number of pyridine rings is 1. The molecular weight excluding hydrogens is 430 g/mol. The third kappa shape index (κ3) is 4.34. The molecule has 0 fully saturated rings. The number of hydrogen-bond acceptors (Lipinski definition) is 6. The molecule has 0 radical (unpaired) electrons. The van der Waals surface area contributed by atoms with Gasteiger partial charge in [0.2, 0.25) is 5.91 Å². The van der Waals surface area contributed by atoms with Crippen LogP contribution >= 0.6 is 0 Å². The standard InChI is InChI=1S/C20H19F4N7O/c1-11-19-15(30(2)10-17(32)27-19)6-16(26-11)25-7-13-9-31(29-28-13)8-12-4-3-5-14(21)18(12)20(22,23)24/h3-6,9H,7-8,10H2,1-2H3,(H,25,26)(H,27,32). The number of carbonyl (C=O) groups excluding carboxylic acids is 1. The van der Waals surface area contributed by atoms with Crippen LogP contribution in [-0.2, 0) is 24.1 Å². The summed E-state index contributed by atoms with van der Waals surface area (Å²) in [6.07, 6.45) is -3.33. The number of carbonyl (C=O) groups is 1. The Hall–Kier alpha value is -3.70. The molecule has 0 aliphatic carbocycles. The lowest BCUT2D eigenvalue weighted by Gasteiger charge is -2.28. The van der Waals surface area contributed by atoms with E-state index in [9.17, 15) is 22.4 Å². The van der Waals surface area contributed by atoms with Gasteiger partial charge in [0.25, 0.3) is 0 Å². The van der Waals surface area contributed by atoms with E-state index in [4.69, 9.17) is 0 Å². The van der Waals surface area contributed by atoms with Crippen LogP contribution in [0.2, 0.25) is 0 Å². The molecule has 0 unspecified atom stereocenters. The molecule has 8 nitrogen and oxygen atoms in total. The Balaban J connectivity index is 1.48. The van der Waals surface area contributed by atoms with Crippen molar-refractivity contribution < 1.29 is 22.4 Å². The number of alkyl halides is 3. The predicted molar refractivity (Wildman–Crippen MR) is 109 cm³/mol. The molecule has 1 aliphatic rings. The first-order valence-corrected chi connectivity index (χ1v) is 9.62. The molecule has 12 heteroatoms. The van der Waals surface area contributed by atoms with E-state index in [1.165, 1.54) is 23.0 Å². The third-order valence-electron chi connectivity index (χ3n) is 4.99. The minimum absolute atomic E-state index is 0.116. The van der Waals surface area contributed by atoms with Gasteiger partial charge in [-0.2, -0.15) is 13.2 Å². The largest absolute Gasteiger partial charge is 0.419 e. The molecule has 1 amide bonds. The third-order valence-corrected chi connectivity index (χ3v) is 4.99. The van der Waals surface area contributed by atoms with Crippen LogP contribution in [0, 0.1) is 12.7 Å². The Labute approximate surface area is 180 Å². The van der Waals surface area contributed by atoms with Crippen LogP contribution in [0.15, 0.2) is 30.5 Å². The SMILES string of the molecule is Cc1nc(NCc2cn(Cc3cccc(F)c3C(F)(F)F)nn2)cc2c1NC(=O)CN2C. The number of anilines is 3. The van der Waals surface area contributed by atoms with Gasteiger partial charge >= 0.3 is 6.18 Å². The number of nitrogens with one attached hydrogen (secondary N) is 2. The average molecular weight is 449 g/mol. The van der Waals surface area contributed by atoms with E-state index >= 15 is 0 Å². The molecule has 3 aromatic rings. The molecule has 0 spiro atoms. The molecule has 1 aliphatic heterocycles. The Morgan fingerprint density at radius 1 is 1.28 bits per heavy atom. The van der Waals surface area contributed by atoms with E-state index in [0.29, 0.717) is 22.9 Å². The smallest absolute Gasteiger partial charge is 0.364 e. The first-order valence-electron chi connectivity index (χ1n) is 9.62. The zero-order chi connectivity index (χ0) is 23.0. The van der Waals surface area contributed by atoms with Gasteiger partial charge in [-0.05, 0) is 18.6 Å². The molecule has 0 saturated carbocycles. The van der Waals surface area contributed by atoms with E-state index in [2.05, 4.69) is 25.9 Å². The summed E-state index contributed by atoms with van der Waals surface area (Å²) in [6, 6.07) is 5.00. The van der Waals surface area contributed by atoms with Crippen molar-refractivity contribution in [1.29, 1.82) is 0 Å². The molecule has 0 bridgehead atoms. The lowest BCUT2D eigenvalue weighted by Crippen LogP contribution is -2.36. The van der Waals surface area contributed by atoms with E-state index < -0.39 is 17.6 Å². The van der Waals surface area contributed by atoms with Crippen LogP contribution < -0.4 is 15.5 Å². The summed E-state index contributed by atoms with van der Waals surface area (Å²) >= 11 is 0. The van der Waals surface area contributed by atoms with Crippen LogP contribution in [0.25, 0.3) is 0 Å². The summed E-state index contributed by atoms with van der Waals surface area (Å²) in [5.41, 5.74) is 1.03. The van der Waals surface area contributed by atoms with Crippen LogP contribution in [0.3, 0.4) is 0 Å². The zero-order valence-electron chi connectivity index (χ0n) is 17.2. The second kappa shape index (κ2) is 8.09. The number of rotatable bonds is 5. The molecule has 0 saturated heterocycles. The maximum atomic E-state index is 13.8. The van der Waals surface area contributed by atoms with Gasteiger partial charge in [-0.15, -0.1) is 5.10 Å². The Bertz CT molecular complexity index is 1180. The highest BCUT2D eigenvalue weighted by Crippen LogP contribution is 2.35. The quantitative estimate of drug-likeness (QED) is 0.582. The number of nitrogens with zero attached hydrogens (tertiary/aromatic N) is 5. The lowest BCUT2D eigenvalue weighted by molar-refractivity contribution is -0.140. The monoisotopic (exact) mass is 449 g/mol. The summed E-state index contributed by atoms with van der Waals surface area (Å²) in [7, 11) is 1.80. The minimum atomic E-state index is -4.81. The van der Waals surface area contributed by atoms with Crippen molar-refractivity contribution in [1.82, 2.24) is 20.0 Å². The summed E-state index contributed by atoms with van der Waals surface area (Å²) in [4.78, 5) is 17.9. The van der Waals surface area contributed by atoms with Crippen molar-refractivity contribution in [3.63, 3.8) is 0 Å². The summed E-state index contributed by atoms with van der Waals surface area (Å²) in [5, 5.41) is 13.7. The molecule has 32 heavy (non-hydrogen) atoms. The van der Waals surface area contributed by atoms with Crippen molar-refractivity contribution in [3.05, 3.63) is 58.8 Å². The number of likely N-dealkylation sites (N-methyl/N-ethyl adjacent to an activating group) is 1. The molecular formula is C20H19F4N7O. The van der Waals surface area contributed by atoms with Crippen LogP contribution in [0.5, 0.6) is 0 Å². The Kier molecular flexibility index (Phi) is 5.45. The summed E-state index contributed by atoms with van der Waals surface area (Å²) in [6.45, 7) is 1.94. The van der Waals surface area contributed by atoms with E-state index in [1.54, 1.807) is 20.0 Å². The summed E-state index contributed by atoms with van der Waals surface area (Å²) < 4.78 is 54.6. The topological polar surface area (TPSA) is 88.0 Å². The number of fused-ring (bicyclic) bond motifs is 1. The van der Waals surface area contributed by atoms with E-state index in [1.807, 2.05) is 4.90 Å². The van der Waals surface area contributed by atoms with Crippen molar-refractivity contribution in [2.45, 2.75) is 26.2 Å². The highest BCUT2D eigenvalue weighted by Gasteiger charge is 2.36. The van der Waals surface area contributed by atoms with Crippen molar-refractivity contribution in [2.75, 3.05) is 29.1 Å². The van der Waals surface area contributed by atoms with Gasteiger partial charge in [-0.25, -0.2) is 14.1 Å². The minimum Gasteiger partial charge on any atom is -0.364 e.